The van der Waals surface area contributed by atoms with Gasteiger partial charge in [-0.3, -0.25) is 0 Å². The Labute approximate surface area is 109 Å². The van der Waals surface area contributed by atoms with Crippen LogP contribution < -0.4 is 10.5 Å². The lowest BCUT2D eigenvalue weighted by Crippen LogP contribution is -1.99. The van der Waals surface area contributed by atoms with Crippen molar-refractivity contribution in [3.05, 3.63) is 53.6 Å². The van der Waals surface area contributed by atoms with Gasteiger partial charge in [0.1, 0.15) is 5.75 Å². The molecule has 100 valence electrons. The maximum Gasteiger partial charge on any atom is 0.198 e. The van der Waals surface area contributed by atoms with E-state index in [1.54, 1.807) is 24.3 Å². The van der Waals surface area contributed by atoms with Crippen molar-refractivity contribution in [2.45, 2.75) is 6.42 Å². The van der Waals surface area contributed by atoms with Gasteiger partial charge in [0.2, 0.25) is 0 Å². The van der Waals surface area contributed by atoms with Gasteiger partial charge in [0.05, 0.1) is 0 Å². The van der Waals surface area contributed by atoms with Crippen molar-refractivity contribution in [3.8, 4) is 11.5 Å². The molecule has 0 aliphatic carbocycles. The van der Waals surface area contributed by atoms with E-state index in [-0.39, 0.29) is 12.3 Å². The summed E-state index contributed by atoms with van der Waals surface area (Å²) in [4.78, 5) is 0. The molecule has 0 spiro atoms. The van der Waals surface area contributed by atoms with Gasteiger partial charge in [-0.25, -0.2) is 8.78 Å². The van der Waals surface area contributed by atoms with E-state index in [1.807, 2.05) is 0 Å². The number of aliphatic hydroxyl groups is 1. The van der Waals surface area contributed by atoms with Crippen LogP contribution >= 0.6 is 0 Å². The largest absolute Gasteiger partial charge is 0.451 e. The van der Waals surface area contributed by atoms with Crippen molar-refractivity contribution < 1.29 is 18.6 Å². The van der Waals surface area contributed by atoms with E-state index in [1.165, 1.54) is 0 Å². The van der Waals surface area contributed by atoms with E-state index in [4.69, 9.17) is 15.6 Å². The fourth-order valence-corrected chi connectivity index (χ4v) is 1.72. The summed E-state index contributed by atoms with van der Waals surface area (Å²) in [6, 6.07) is 8.73. The first kappa shape index (κ1) is 13.3. The number of halogens is 2. The molecule has 2 aromatic rings. The second-order valence-corrected chi connectivity index (χ2v) is 4.00. The number of nitrogens with two attached hydrogens (primary N) is 1. The Balaban J connectivity index is 2.36. The van der Waals surface area contributed by atoms with Crippen molar-refractivity contribution >= 4 is 5.69 Å². The van der Waals surface area contributed by atoms with Crippen LogP contribution in [0.3, 0.4) is 0 Å². The molecule has 0 saturated carbocycles. The summed E-state index contributed by atoms with van der Waals surface area (Å²) in [7, 11) is 0. The van der Waals surface area contributed by atoms with Crippen LogP contribution in [0.5, 0.6) is 11.5 Å². The van der Waals surface area contributed by atoms with Gasteiger partial charge in [0, 0.05) is 24.4 Å². The normalized spacial score (nSPS) is 10.5. The quantitative estimate of drug-likeness (QED) is 0.836. The van der Waals surface area contributed by atoms with Crippen molar-refractivity contribution in [1.29, 1.82) is 0 Å². The van der Waals surface area contributed by atoms with Crippen molar-refractivity contribution in [2.24, 2.45) is 0 Å². The number of nitrogen functional groups attached to an aromatic ring is 1. The number of para-hydroxylation sites is 1. The summed E-state index contributed by atoms with van der Waals surface area (Å²) in [5.41, 5.74) is 5.99. The Morgan fingerprint density at radius 1 is 1.11 bits per heavy atom. The van der Waals surface area contributed by atoms with E-state index >= 15 is 0 Å². The van der Waals surface area contributed by atoms with Gasteiger partial charge >= 0.3 is 0 Å². The van der Waals surface area contributed by atoms with Crippen LogP contribution in [0.4, 0.5) is 14.5 Å². The zero-order valence-corrected chi connectivity index (χ0v) is 10.1. The molecule has 0 heterocycles. The van der Waals surface area contributed by atoms with E-state index in [0.717, 1.165) is 12.1 Å². The number of hydrogen-bond acceptors (Lipinski definition) is 3. The Bertz CT molecular complexity index is 564. The van der Waals surface area contributed by atoms with E-state index < -0.39 is 17.4 Å². The fourth-order valence-electron chi connectivity index (χ4n) is 1.72. The van der Waals surface area contributed by atoms with E-state index in [0.29, 0.717) is 17.7 Å². The Morgan fingerprint density at radius 3 is 2.37 bits per heavy atom. The SMILES string of the molecule is Nc1cc(F)c(Oc2ccccc2CCO)c(F)c1. The number of rotatable bonds is 4. The molecule has 2 rings (SSSR count). The number of aliphatic hydroxyl groups excluding tert-OH is 1. The minimum atomic E-state index is -0.865. The molecule has 0 atom stereocenters. The second kappa shape index (κ2) is 5.67. The second-order valence-electron chi connectivity index (χ2n) is 4.00. The predicted octanol–water partition coefficient (Wildman–Crippen LogP) is 2.87. The van der Waals surface area contributed by atoms with Gasteiger partial charge in [-0.2, -0.15) is 0 Å². The first-order valence-corrected chi connectivity index (χ1v) is 5.73. The third-order valence-corrected chi connectivity index (χ3v) is 2.59. The number of benzene rings is 2. The van der Waals surface area contributed by atoms with Gasteiger partial charge < -0.3 is 15.6 Å². The molecule has 2 aromatic carbocycles. The standard InChI is InChI=1S/C14H13F2NO2/c15-11-7-10(17)8-12(16)14(11)19-13-4-2-1-3-9(13)5-6-18/h1-4,7-8,18H,5-6,17H2. The van der Waals surface area contributed by atoms with Crippen LogP contribution in [-0.4, -0.2) is 11.7 Å². The average Bonchev–Trinajstić information content (AvgIpc) is 2.36. The van der Waals surface area contributed by atoms with Crippen LogP contribution in [0.15, 0.2) is 36.4 Å². The number of anilines is 1. The molecule has 0 aliphatic heterocycles. The summed E-state index contributed by atoms with van der Waals surface area (Å²) < 4.78 is 32.5. The molecule has 0 aliphatic rings. The third-order valence-electron chi connectivity index (χ3n) is 2.59. The van der Waals surface area contributed by atoms with Crippen LogP contribution in [0.1, 0.15) is 5.56 Å². The summed E-state index contributed by atoms with van der Waals surface area (Å²) in [5.74, 6) is -1.92. The van der Waals surface area contributed by atoms with Crippen molar-refractivity contribution in [1.82, 2.24) is 0 Å². The minimum absolute atomic E-state index is 0.00834. The molecule has 0 radical (unpaired) electrons. The molecule has 19 heavy (non-hydrogen) atoms. The lowest BCUT2D eigenvalue weighted by Gasteiger charge is -2.12. The Hall–Kier alpha value is -2.14. The molecule has 0 bridgehead atoms. The van der Waals surface area contributed by atoms with Gasteiger partial charge in [-0.05, 0) is 18.1 Å². The maximum atomic E-state index is 13.6. The molecular formula is C14H13F2NO2. The predicted molar refractivity (Wildman–Crippen MR) is 68.1 cm³/mol. The molecule has 0 unspecified atom stereocenters. The van der Waals surface area contributed by atoms with Gasteiger partial charge in [0.25, 0.3) is 0 Å². The van der Waals surface area contributed by atoms with Gasteiger partial charge in [-0.1, -0.05) is 18.2 Å². The monoisotopic (exact) mass is 265 g/mol. The van der Waals surface area contributed by atoms with Gasteiger partial charge in [0.15, 0.2) is 17.4 Å². The molecule has 5 heteroatoms. The van der Waals surface area contributed by atoms with Crippen LogP contribution in [0.2, 0.25) is 0 Å². The molecular weight excluding hydrogens is 252 g/mol. The van der Waals surface area contributed by atoms with Gasteiger partial charge in [-0.15, -0.1) is 0 Å². The smallest absolute Gasteiger partial charge is 0.198 e. The first-order valence-electron chi connectivity index (χ1n) is 5.73. The summed E-state index contributed by atoms with van der Waals surface area (Å²) in [6.07, 6.45) is 0.342. The zero-order chi connectivity index (χ0) is 13.8. The molecule has 3 N–H and O–H groups in total. The highest BCUT2D eigenvalue weighted by atomic mass is 19.1. The summed E-state index contributed by atoms with van der Waals surface area (Å²) in [5, 5.41) is 8.94. The number of hydrogen-bond donors (Lipinski definition) is 2. The highest BCUT2D eigenvalue weighted by Gasteiger charge is 2.14. The fraction of sp³-hybridized carbons (Fsp3) is 0.143. The van der Waals surface area contributed by atoms with E-state index in [2.05, 4.69) is 0 Å². The maximum absolute atomic E-state index is 13.6. The molecule has 3 nitrogen and oxygen atoms in total. The first-order chi connectivity index (χ1) is 9.11. The lowest BCUT2D eigenvalue weighted by molar-refractivity contribution is 0.297. The zero-order valence-electron chi connectivity index (χ0n) is 10.1. The van der Waals surface area contributed by atoms with Crippen molar-refractivity contribution in [3.63, 3.8) is 0 Å². The van der Waals surface area contributed by atoms with Crippen LogP contribution in [0, 0.1) is 11.6 Å². The molecule has 0 fully saturated rings. The Morgan fingerprint density at radius 2 is 1.74 bits per heavy atom. The lowest BCUT2D eigenvalue weighted by atomic mass is 10.1. The highest BCUT2D eigenvalue weighted by Crippen LogP contribution is 2.31. The molecule has 0 aromatic heterocycles. The van der Waals surface area contributed by atoms with Crippen molar-refractivity contribution in [2.75, 3.05) is 12.3 Å². The molecule has 0 amide bonds. The third kappa shape index (κ3) is 3.00. The summed E-state index contributed by atoms with van der Waals surface area (Å²) in [6.45, 7) is -0.0763. The average molecular weight is 265 g/mol. The summed E-state index contributed by atoms with van der Waals surface area (Å²) >= 11 is 0. The number of ether oxygens (including phenoxy) is 1. The van der Waals surface area contributed by atoms with E-state index in [9.17, 15) is 8.78 Å². The highest BCUT2D eigenvalue weighted by molar-refractivity contribution is 5.46. The topological polar surface area (TPSA) is 55.5 Å². The Kier molecular flexibility index (Phi) is 3.97. The van der Waals surface area contributed by atoms with Crippen LogP contribution in [0.25, 0.3) is 0 Å². The molecule has 0 saturated heterocycles. The van der Waals surface area contributed by atoms with Crippen LogP contribution in [-0.2, 0) is 6.42 Å². The minimum Gasteiger partial charge on any atom is -0.451 e.